The van der Waals surface area contributed by atoms with Crippen LogP contribution in [0.1, 0.15) is 5.76 Å². The minimum atomic E-state index is -4.00. The Hall–Kier alpha value is -3.57. The summed E-state index contributed by atoms with van der Waals surface area (Å²) >= 11 is 0. The summed E-state index contributed by atoms with van der Waals surface area (Å²) in [7, 11) is -7.92. The molecule has 0 saturated carbocycles. The summed E-state index contributed by atoms with van der Waals surface area (Å²) in [6.45, 7) is 1.63. The number of rotatable bonds is 6. The first kappa shape index (κ1) is 20.7. The molecule has 11 heteroatoms. The molecule has 0 bridgehead atoms. The predicted octanol–water partition coefficient (Wildman–Crippen LogP) is 3.44. The molecule has 0 unspecified atom stereocenters. The molecule has 0 atom stereocenters. The topological polar surface area (TPSA) is 139 Å². The Balaban J connectivity index is 1.60. The van der Waals surface area contributed by atoms with E-state index < -0.39 is 20.0 Å². The highest BCUT2D eigenvalue weighted by atomic mass is 32.2. The zero-order chi connectivity index (χ0) is 22.2. The summed E-state index contributed by atoms with van der Waals surface area (Å²) in [4.78, 5) is -0.0909. The molecule has 0 spiro atoms. The second kappa shape index (κ2) is 7.60. The van der Waals surface area contributed by atoms with Gasteiger partial charge in [0.25, 0.3) is 20.0 Å². The van der Waals surface area contributed by atoms with Crippen LogP contribution in [0.2, 0.25) is 0 Å². The number of nitrogens with zero attached hydrogens (tertiary/aromatic N) is 1. The van der Waals surface area contributed by atoms with Crippen molar-refractivity contribution in [1.82, 2.24) is 5.16 Å². The average molecular weight is 460 g/mol. The van der Waals surface area contributed by atoms with Crippen molar-refractivity contribution >= 4 is 42.3 Å². The third kappa shape index (κ3) is 4.18. The molecule has 3 aromatic carbocycles. The van der Waals surface area contributed by atoms with E-state index in [4.69, 9.17) is 4.52 Å². The monoisotopic (exact) mass is 459 g/mol. The summed E-state index contributed by atoms with van der Waals surface area (Å²) in [6.07, 6.45) is 0. The van der Waals surface area contributed by atoms with Gasteiger partial charge in [-0.05, 0) is 43.3 Å². The van der Waals surface area contributed by atoms with Crippen LogP contribution in [-0.2, 0) is 20.0 Å². The molecular weight excluding hydrogens is 442 g/mol. The average Bonchev–Trinajstić information content (AvgIpc) is 3.12. The van der Waals surface area contributed by atoms with Crippen molar-refractivity contribution < 1.29 is 26.5 Å². The van der Waals surface area contributed by atoms with Crippen molar-refractivity contribution in [3.8, 4) is 5.75 Å². The maximum absolute atomic E-state index is 12.9. The summed E-state index contributed by atoms with van der Waals surface area (Å²) in [5.74, 6) is 0.463. The molecule has 1 heterocycles. The number of anilines is 2. The SMILES string of the molecule is Cc1cc(NS(=O)(=O)c2ccc(NS(=O)(=O)c3cccc4c(O)cccc34)cc2)no1. The van der Waals surface area contributed by atoms with Gasteiger partial charge in [0.15, 0.2) is 5.82 Å². The lowest BCUT2D eigenvalue weighted by Gasteiger charge is -2.12. The van der Waals surface area contributed by atoms with Gasteiger partial charge in [-0.3, -0.25) is 9.44 Å². The maximum Gasteiger partial charge on any atom is 0.263 e. The van der Waals surface area contributed by atoms with Crippen molar-refractivity contribution in [2.75, 3.05) is 9.44 Å². The zero-order valence-electron chi connectivity index (χ0n) is 16.1. The summed E-state index contributed by atoms with van der Waals surface area (Å²) in [6, 6.07) is 15.8. The van der Waals surface area contributed by atoms with E-state index in [0.717, 1.165) is 0 Å². The van der Waals surface area contributed by atoms with Crippen LogP contribution >= 0.6 is 0 Å². The molecule has 4 aromatic rings. The lowest BCUT2D eigenvalue weighted by molar-refractivity contribution is 0.400. The van der Waals surface area contributed by atoms with E-state index in [-0.39, 0.29) is 27.0 Å². The van der Waals surface area contributed by atoms with Crippen LogP contribution in [0.5, 0.6) is 5.75 Å². The van der Waals surface area contributed by atoms with Crippen LogP contribution < -0.4 is 9.44 Å². The lowest BCUT2D eigenvalue weighted by atomic mass is 10.1. The zero-order valence-corrected chi connectivity index (χ0v) is 17.7. The van der Waals surface area contributed by atoms with Crippen molar-refractivity contribution in [3.05, 3.63) is 72.5 Å². The van der Waals surface area contributed by atoms with E-state index in [1.54, 1.807) is 25.1 Å². The first-order chi connectivity index (χ1) is 14.7. The Labute approximate surface area is 178 Å². The maximum atomic E-state index is 12.9. The number of aromatic nitrogens is 1. The molecule has 4 rings (SSSR count). The van der Waals surface area contributed by atoms with E-state index in [1.807, 2.05) is 0 Å². The standard InChI is InChI=1S/C20H17N3O6S2/c1-13-12-20(21-29-13)23-30(25,26)15-10-8-14(9-11-15)22-31(27,28)19-7-3-4-16-17(19)5-2-6-18(16)24/h2-12,22,24H,1H3,(H,21,23). The largest absolute Gasteiger partial charge is 0.507 e. The Morgan fingerprint density at radius 1 is 0.839 bits per heavy atom. The van der Waals surface area contributed by atoms with Gasteiger partial charge in [0.05, 0.1) is 9.79 Å². The van der Waals surface area contributed by atoms with Crippen LogP contribution in [0.4, 0.5) is 11.5 Å². The van der Waals surface area contributed by atoms with Gasteiger partial charge in [-0.25, -0.2) is 16.8 Å². The van der Waals surface area contributed by atoms with E-state index in [0.29, 0.717) is 16.5 Å². The Morgan fingerprint density at radius 3 is 2.19 bits per heavy atom. The van der Waals surface area contributed by atoms with Gasteiger partial charge in [0, 0.05) is 22.5 Å². The van der Waals surface area contributed by atoms with Crippen LogP contribution in [0.3, 0.4) is 0 Å². The van der Waals surface area contributed by atoms with Crippen LogP contribution in [0.25, 0.3) is 10.8 Å². The van der Waals surface area contributed by atoms with Crippen molar-refractivity contribution in [3.63, 3.8) is 0 Å². The first-order valence-corrected chi connectivity index (χ1v) is 11.9. The quantitative estimate of drug-likeness (QED) is 0.401. The van der Waals surface area contributed by atoms with Gasteiger partial charge in [-0.1, -0.05) is 29.4 Å². The lowest BCUT2D eigenvalue weighted by Crippen LogP contribution is -2.15. The van der Waals surface area contributed by atoms with Gasteiger partial charge in [0.2, 0.25) is 0 Å². The van der Waals surface area contributed by atoms with E-state index >= 15 is 0 Å². The van der Waals surface area contributed by atoms with E-state index in [9.17, 15) is 21.9 Å². The van der Waals surface area contributed by atoms with E-state index in [2.05, 4.69) is 14.6 Å². The smallest absolute Gasteiger partial charge is 0.263 e. The number of sulfonamides is 2. The third-order valence-electron chi connectivity index (χ3n) is 4.43. The number of aryl methyl sites for hydroxylation is 1. The number of hydrogen-bond donors (Lipinski definition) is 3. The molecule has 160 valence electrons. The number of benzene rings is 3. The molecule has 0 saturated heterocycles. The van der Waals surface area contributed by atoms with E-state index in [1.165, 1.54) is 48.5 Å². The fourth-order valence-corrected chi connectivity index (χ4v) is 5.29. The molecule has 0 radical (unpaired) electrons. The number of phenols is 1. The Kier molecular flexibility index (Phi) is 5.07. The van der Waals surface area contributed by atoms with Gasteiger partial charge < -0.3 is 9.63 Å². The van der Waals surface area contributed by atoms with Crippen LogP contribution in [0.15, 0.2) is 81.0 Å². The molecule has 9 nitrogen and oxygen atoms in total. The number of nitrogens with one attached hydrogen (secondary N) is 2. The van der Waals surface area contributed by atoms with Crippen molar-refractivity contribution in [2.45, 2.75) is 16.7 Å². The Bertz CT molecular complexity index is 1480. The molecule has 0 fully saturated rings. The van der Waals surface area contributed by atoms with Crippen molar-refractivity contribution in [1.29, 1.82) is 0 Å². The Morgan fingerprint density at radius 2 is 1.52 bits per heavy atom. The molecule has 0 aliphatic heterocycles. The molecule has 0 amide bonds. The molecule has 31 heavy (non-hydrogen) atoms. The highest BCUT2D eigenvalue weighted by Crippen LogP contribution is 2.30. The minimum Gasteiger partial charge on any atom is -0.507 e. The summed E-state index contributed by atoms with van der Waals surface area (Å²) in [5.41, 5.74) is 0.174. The summed E-state index contributed by atoms with van der Waals surface area (Å²) in [5, 5.41) is 14.3. The normalized spacial score (nSPS) is 12.0. The molecule has 0 aliphatic rings. The molecule has 1 aromatic heterocycles. The third-order valence-corrected chi connectivity index (χ3v) is 7.24. The van der Waals surface area contributed by atoms with Crippen molar-refractivity contribution in [2.24, 2.45) is 0 Å². The van der Waals surface area contributed by atoms with Crippen LogP contribution in [-0.4, -0.2) is 27.1 Å². The van der Waals surface area contributed by atoms with Crippen LogP contribution in [0, 0.1) is 6.92 Å². The minimum absolute atomic E-state index is 0.0133. The first-order valence-electron chi connectivity index (χ1n) is 8.95. The van der Waals surface area contributed by atoms with Gasteiger partial charge >= 0.3 is 0 Å². The summed E-state index contributed by atoms with van der Waals surface area (Å²) < 4.78 is 60.3. The highest BCUT2D eigenvalue weighted by molar-refractivity contribution is 7.93. The fourth-order valence-electron chi connectivity index (χ4n) is 3.02. The molecular formula is C20H17N3O6S2. The van der Waals surface area contributed by atoms with Gasteiger partial charge in [-0.2, -0.15) is 0 Å². The van der Waals surface area contributed by atoms with Gasteiger partial charge in [-0.15, -0.1) is 0 Å². The molecule has 3 N–H and O–H groups in total. The number of hydrogen-bond acceptors (Lipinski definition) is 7. The molecule has 0 aliphatic carbocycles. The second-order valence-corrected chi connectivity index (χ2v) is 10.0. The van der Waals surface area contributed by atoms with Gasteiger partial charge in [0.1, 0.15) is 11.5 Å². The number of phenolic OH excluding ortho intramolecular Hbond substituents is 1. The number of aromatic hydroxyl groups is 1. The highest BCUT2D eigenvalue weighted by Gasteiger charge is 2.20. The fraction of sp³-hybridized carbons (Fsp3) is 0.0500. The second-order valence-electron chi connectivity index (χ2n) is 6.69. The number of fused-ring (bicyclic) bond motifs is 1. The predicted molar refractivity (Wildman–Crippen MR) is 115 cm³/mol.